The van der Waals surface area contributed by atoms with Crippen molar-refractivity contribution in [2.75, 3.05) is 26.2 Å². The molecule has 1 aliphatic carbocycles. The molecule has 2 fully saturated rings. The highest BCUT2D eigenvalue weighted by molar-refractivity contribution is 5.81. The molecular formula is C23H30N4O. The second kappa shape index (κ2) is 7.36. The van der Waals surface area contributed by atoms with Gasteiger partial charge in [0.1, 0.15) is 0 Å². The van der Waals surface area contributed by atoms with Crippen LogP contribution in [0.25, 0.3) is 0 Å². The fraction of sp³-hybridized carbons (Fsp3) is 0.565. The number of H-pyrrole nitrogens is 1. The van der Waals surface area contributed by atoms with Crippen LogP contribution in [-0.4, -0.2) is 51.9 Å². The van der Waals surface area contributed by atoms with Gasteiger partial charge in [-0.1, -0.05) is 36.8 Å². The lowest BCUT2D eigenvalue weighted by Gasteiger charge is -2.52. The van der Waals surface area contributed by atoms with Gasteiger partial charge in [0.15, 0.2) is 0 Å². The number of carbonyl (C=O) groups is 1. The first-order valence-electron chi connectivity index (χ1n) is 10.9. The summed E-state index contributed by atoms with van der Waals surface area (Å²) in [5, 5.41) is 0. The van der Waals surface area contributed by atoms with Gasteiger partial charge in [0, 0.05) is 44.2 Å². The summed E-state index contributed by atoms with van der Waals surface area (Å²) in [6.45, 7) is 4.00. The van der Waals surface area contributed by atoms with E-state index in [1.165, 1.54) is 17.7 Å². The average molecular weight is 379 g/mol. The molecule has 1 saturated heterocycles. The quantitative estimate of drug-likeness (QED) is 0.889. The molecule has 5 rings (SSSR count). The Balaban J connectivity index is 1.31. The van der Waals surface area contributed by atoms with Crippen molar-refractivity contribution in [1.29, 1.82) is 0 Å². The van der Waals surface area contributed by atoms with Crippen molar-refractivity contribution in [2.45, 2.75) is 50.5 Å². The van der Waals surface area contributed by atoms with E-state index in [-0.39, 0.29) is 11.5 Å². The molecular weight excluding hydrogens is 348 g/mol. The predicted octanol–water partition coefficient (Wildman–Crippen LogP) is 3.13. The molecule has 148 valence electrons. The number of amides is 1. The molecule has 1 saturated carbocycles. The minimum Gasteiger partial charge on any atom is -0.348 e. The lowest BCUT2D eigenvalue weighted by molar-refractivity contribution is -0.149. The van der Waals surface area contributed by atoms with Crippen LogP contribution in [-0.2, 0) is 23.2 Å². The molecule has 1 N–H and O–H groups in total. The lowest BCUT2D eigenvalue weighted by atomic mass is 9.76. The Labute approximate surface area is 167 Å². The van der Waals surface area contributed by atoms with Crippen LogP contribution in [0.1, 0.15) is 49.1 Å². The summed E-state index contributed by atoms with van der Waals surface area (Å²) in [7, 11) is 0. The Morgan fingerprint density at radius 3 is 2.64 bits per heavy atom. The van der Waals surface area contributed by atoms with Gasteiger partial charge >= 0.3 is 0 Å². The van der Waals surface area contributed by atoms with E-state index in [9.17, 15) is 4.79 Å². The van der Waals surface area contributed by atoms with E-state index in [1.807, 2.05) is 6.33 Å². The summed E-state index contributed by atoms with van der Waals surface area (Å²) in [6, 6.07) is 10.7. The predicted molar refractivity (Wildman–Crippen MR) is 109 cm³/mol. The number of likely N-dealkylation sites (tertiary alicyclic amines) is 1. The summed E-state index contributed by atoms with van der Waals surface area (Å²) in [6.07, 6.45) is 9.17. The van der Waals surface area contributed by atoms with Crippen LogP contribution in [0.2, 0.25) is 0 Å². The number of hydrogen-bond acceptors (Lipinski definition) is 3. The molecule has 3 heterocycles. The van der Waals surface area contributed by atoms with Crippen LogP contribution in [0.3, 0.4) is 0 Å². The van der Waals surface area contributed by atoms with Gasteiger partial charge in [-0.05, 0) is 37.7 Å². The van der Waals surface area contributed by atoms with Gasteiger partial charge in [0.05, 0.1) is 17.6 Å². The zero-order valence-electron chi connectivity index (χ0n) is 16.6. The van der Waals surface area contributed by atoms with Crippen molar-refractivity contribution in [1.82, 2.24) is 19.8 Å². The summed E-state index contributed by atoms with van der Waals surface area (Å²) in [4.78, 5) is 26.1. The number of benzene rings is 1. The van der Waals surface area contributed by atoms with E-state index in [0.29, 0.717) is 5.91 Å². The number of imidazole rings is 1. The molecule has 1 spiro atoms. The van der Waals surface area contributed by atoms with E-state index in [1.54, 1.807) is 0 Å². The number of carbonyl (C=O) groups excluding carboxylic acids is 1. The van der Waals surface area contributed by atoms with Gasteiger partial charge < -0.3 is 14.8 Å². The Morgan fingerprint density at radius 2 is 1.93 bits per heavy atom. The summed E-state index contributed by atoms with van der Waals surface area (Å²) < 4.78 is 0. The third-order valence-corrected chi connectivity index (χ3v) is 7.22. The van der Waals surface area contributed by atoms with Crippen molar-refractivity contribution in [3.8, 4) is 0 Å². The maximum Gasteiger partial charge on any atom is 0.226 e. The average Bonchev–Trinajstić information content (AvgIpc) is 3.17. The molecule has 0 unspecified atom stereocenters. The topological polar surface area (TPSA) is 52.2 Å². The van der Waals surface area contributed by atoms with Gasteiger partial charge in [-0.3, -0.25) is 4.79 Å². The highest BCUT2D eigenvalue weighted by atomic mass is 16.2. The van der Waals surface area contributed by atoms with E-state index < -0.39 is 0 Å². The van der Waals surface area contributed by atoms with Gasteiger partial charge in [-0.15, -0.1) is 0 Å². The van der Waals surface area contributed by atoms with Crippen LogP contribution < -0.4 is 0 Å². The van der Waals surface area contributed by atoms with E-state index in [0.717, 1.165) is 70.4 Å². The standard InChI is InChI=1S/C23H30N4O/c28-22(19-7-4-8-19)27-14-10-20-21(25-17-24-20)23(27)11-15-26(16-12-23)13-9-18-5-2-1-3-6-18/h1-3,5-6,17,19H,4,7-16H2,(H,24,25). The maximum absolute atomic E-state index is 13.3. The minimum absolute atomic E-state index is 0.191. The maximum atomic E-state index is 13.3. The molecule has 28 heavy (non-hydrogen) atoms. The number of hydrogen-bond donors (Lipinski definition) is 1. The third kappa shape index (κ3) is 3.06. The number of nitrogens with zero attached hydrogens (tertiary/aromatic N) is 3. The summed E-state index contributed by atoms with van der Waals surface area (Å²) in [5.74, 6) is 0.645. The van der Waals surface area contributed by atoms with Crippen LogP contribution in [0.4, 0.5) is 0 Å². The number of fused-ring (bicyclic) bond motifs is 2. The first-order valence-corrected chi connectivity index (χ1v) is 10.9. The van der Waals surface area contributed by atoms with Crippen LogP contribution in [0, 0.1) is 5.92 Å². The third-order valence-electron chi connectivity index (χ3n) is 7.22. The molecule has 2 aromatic rings. The van der Waals surface area contributed by atoms with Gasteiger partial charge in [-0.25, -0.2) is 4.98 Å². The molecule has 1 aromatic heterocycles. The number of nitrogens with one attached hydrogen (secondary N) is 1. The molecule has 0 bridgehead atoms. The highest BCUT2D eigenvalue weighted by Gasteiger charge is 2.50. The van der Waals surface area contributed by atoms with Crippen molar-refractivity contribution in [2.24, 2.45) is 5.92 Å². The molecule has 0 radical (unpaired) electrons. The SMILES string of the molecule is O=C(C1CCC1)N1CCc2[nH]cnc2C12CCN(CCc1ccccc1)CC2. The zero-order valence-corrected chi connectivity index (χ0v) is 16.6. The first kappa shape index (κ1) is 17.9. The molecule has 5 heteroatoms. The Hall–Kier alpha value is -2.14. The smallest absolute Gasteiger partial charge is 0.226 e. The summed E-state index contributed by atoms with van der Waals surface area (Å²) in [5.41, 5.74) is 3.60. The van der Waals surface area contributed by atoms with Crippen molar-refractivity contribution in [3.63, 3.8) is 0 Å². The molecule has 2 aliphatic heterocycles. The van der Waals surface area contributed by atoms with E-state index >= 15 is 0 Å². The molecule has 1 amide bonds. The fourth-order valence-corrected chi connectivity index (χ4v) is 5.26. The molecule has 1 aromatic carbocycles. The minimum atomic E-state index is -0.191. The number of aromatic amines is 1. The van der Waals surface area contributed by atoms with Crippen LogP contribution >= 0.6 is 0 Å². The number of piperidine rings is 1. The van der Waals surface area contributed by atoms with Crippen molar-refractivity contribution in [3.05, 3.63) is 53.6 Å². The Kier molecular flexibility index (Phi) is 4.71. The number of rotatable bonds is 4. The second-order valence-corrected chi connectivity index (χ2v) is 8.71. The van der Waals surface area contributed by atoms with Gasteiger partial charge in [0.25, 0.3) is 0 Å². The first-order chi connectivity index (χ1) is 13.8. The summed E-state index contributed by atoms with van der Waals surface area (Å²) >= 11 is 0. The van der Waals surface area contributed by atoms with Crippen molar-refractivity contribution >= 4 is 5.91 Å². The number of aromatic nitrogens is 2. The molecule has 3 aliphatic rings. The Morgan fingerprint density at radius 1 is 1.14 bits per heavy atom. The normalized spacial score (nSPS) is 22.1. The van der Waals surface area contributed by atoms with E-state index in [4.69, 9.17) is 4.98 Å². The zero-order chi connectivity index (χ0) is 19.0. The fourth-order valence-electron chi connectivity index (χ4n) is 5.26. The van der Waals surface area contributed by atoms with Gasteiger partial charge in [0.2, 0.25) is 5.91 Å². The Bertz CT molecular complexity index is 818. The highest BCUT2D eigenvalue weighted by Crippen LogP contribution is 2.44. The van der Waals surface area contributed by atoms with Crippen molar-refractivity contribution < 1.29 is 4.79 Å². The lowest BCUT2D eigenvalue weighted by Crippen LogP contribution is -2.60. The molecule has 5 nitrogen and oxygen atoms in total. The van der Waals surface area contributed by atoms with Crippen LogP contribution in [0.15, 0.2) is 36.7 Å². The van der Waals surface area contributed by atoms with Gasteiger partial charge in [-0.2, -0.15) is 0 Å². The van der Waals surface area contributed by atoms with E-state index in [2.05, 4.69) is 45.1 Å². The van der Waals surface area contributed by atoms with Crippen LogP contribution in [0.5, 0.6) is 0 Å². The monoisotopic (exact) mass is 378 g/mol. The largest absolute Gasteiger partial charge is 0.348 e. The second-order valence-electron chi connectivity index (χ2n) is 8.71. The molecule has 0 atom stereocenters.